The molecule has 12 heteroatoms. The Morgan fingerprint density at radius 3 is 1.94 bits per heavy atom. The highest BCUT2D eigenvalue weighted by molar-refractivity contribution is 5.92. The number of rotatable bonds is 24. The molecule has 0 aliphatic rings. The van der Waals surface area contributed by atoms with Gasteiger partial charge < -0.3 is 36.7 Å². The van der Waals surface area contributed by atoms with E-state index in [2.05, 4.69) is 31.9 Å². The lowest BCUT2D eigenvalue weighted by atomic mass is 9.99. The van der Waals surface area contributed by atoms with Gasteiger partial charge in [-0.15, -0.1) is 0 Å². The number of likely N-dealkylation sites (N-methyl/N-ethyl adjacent to an activating group) is 1. The maximum atomic E-state index is 13.9. The fourth-order valence-corrected chi connectivity index (χ4v) is 5.39. The van der Waals surface area contributed by atoms with Gasteiger partial charge in [-0.1, -0.05) is 71.9 Å². The molecule has 0 fully saturated rings. The summed E-state index contributed by atoms with van der Waals surface area (Å²) >= 11 is 0. The van der Waals surface area contributed by atoms with Gasteiger partial charge in [0.05, 0.1) is 6.04 Å². The molecular weight excluding hydrogens is 624 g/mol. The summed E-state index contributed by atoms with van der Waals surface area (Å²) in [5, 5.41) is 17.6. The molecule has 12 nitrogen and oxygen atoms in total. The van der Waals surface area contributed by atoms with E-state index in [1.165, 1.54) is 0 Å². The van der Waals surface area contributed by atoms with E-state index in [-0.39, 0.29) is 66.8 Å². The molecule has 1 aromatic carbocycles. The Hall–Kier alpha value is -3.80. The Morgan fingerprint density at radius 2 is 1.37 bits per heavy atom. The van der Waals surface area contributed by atoms with Crippen molar-refractivity contribution in [2.24, 2.45) is 17.8 Å². The first-order chi connectivity index (χ1) is 23.2. The van der Waals surface area contributed by atoms with E-state index in [0.29, 0.717) is 38.6 Å². The number of unbranched alkanes of at least 4 members (excludes halogenated alkanes) is 1. The lowest BCUT2D eigenvalue weighted by Gasteiger charge is -2.28. The van der Waals surface area contributed by atoms with E-state index in [1.807, 2.05) is 78.8 Å². The van der Waals surface area contributed by atoms with E-state index in [0.717, 1.165) is 11.8 Å². The molecule has 1 aromatic rings. The van der Waals surface area contributed by atoms with Crippen LogP contribution in [0.2, 0.25) is 0 Å². The molecule has 6 N–H and O–H groups in total. The third-order valence-corrected chi connectivity index (χ3v) is 8.05. The molecule has 0 aliphatic heterocycles. The third-order valence-electron chi connectivity index (χ3n) is 8.05. The van der Waals surface area contributed by atoms with Crippen molar-refractivity contribution in [1.82, 2.24) is 31.9 Å². The van der Waals surface area contributed by atoms with Crippen molar-refractivity contribution in [3.8, 4) is 0 Å². The van der Waals surface area contributed by atoms with Crippen molar-refractivity contribution in [3.63, 3.8) is 0 Å². The monoisotopic (exact) mass is 686 g/mol. The summed E-state index contributed by atoms with van der Waals surface area (Å²) in [6.07, 6.45) is 3.42. The van der Waals surface area contributed by atoms with Gasteiger partial charge in [-0.05, 0) is 69.3 Å². The van der Waals surface area contributed by atoms with Gasteiger partial charge in [-0.2, -0.15) is 0 Å². The quantitative estimate of drug-likeness (QED) is 0.0716. The van der Waals surface area contributed by atoms with Gasteiger partial charge in [0.2, 0.25) is 29.5 Å². The van der Waals surface area contributed by atoms with Crippen LogP contribution in [-0.2, 0) is 35.2 Å². The summed E-state index contributed by atoms with van der Waals surface area (Å²) in [6, 6.07) is 6.30. The van der Waals surface area contributed by atoms with Crippen LogP contribution in [0.5, 0.6) is 0 Å². The van der Waals surface area contributed by atoms with Gasteiger partial charge in [-0.3, -0.25) is 24.0 Å². The van der Waals surface area contributed by atoms with E-state index < -0.39 is 30.1 Å². The minimum atomic E-state index is -0.881. The second-order valence-corrected chi connectivity index (χ2v) is 14.0. The first-order valence-electron chi connectivity index (χ1n) is 17.9. The SMILES string of the molecule is CCNC(=O)[C@@H](NC(=O)[C@H](C)NC[C@H](CC(C)C)NC(=O)[C@H](CCc1ccccc1)NC(=O)[C@H](CC(C)C)NC(=O)CCCC=O)C(C)C. The fourth-order valence-electron chi connectivity index (χ4n) is 5.39. The molecule has 0 saturated heterocycles. The first-order valence-corrected chi connectivity index (χ1v) is 17.9. The van der Waals surface area contributed by atoms with Crippen LogP contribution in [0.15, 0.2) is 30.3 Å². The van der Waals surface area contributed by atoms with Gasteiger partial charge in [0.15, 0.2) is 0 Å². The van der Waals surface area contributed by atoms with E-state index in [1.54, 1.807) is 6.92 Å². The van der Waals surface area contributed by atoms with Crippen molar-refractivity contribution < 1.29 is 28.8 Å². The average Bonchev–Trinajstić information content (AvgIpc) is 3.03. The number of hydrogen-bond donors (Lipinski definition) is 6. The standard InChI is InChI=1S/C37H62N6O6/c1-9-38-37(49)33(26(6)7)43-34(46)27(8)39-23-29(21-24(2)3)40-35(47)30(19-18-28-15-11-10-12-16-28)42-36(48)31(22-25(4)5)41-32(45)17-13-14-20-44/h10-12,15-16,20,24-27,29-31,33,39H,9,13-14,17-19,21-23H2,1-8H3,(H,38,49)(H,40,47)(H,41,45)(H,42,48)(H,43,46)/t27-,29-,30-,31-,33-/m0/s1. The zero-order chi connectivity index (χ0) is 36.9. The Balaban J connectivity index is 3.10. The number of aldehydes is 1. The Labute approximate surface area is 293 Å². The normalized spacial score (nSPS) is 14.3. The largest absolute Gasteiger partial charge is 0.355 e. The van der Waals surface area contributed by atoms with Crippen LogP contribution in [0.3, 0.4) is 0 Å². The highest BCUT2D eigenvalue weighted by Gasteiger charge is 2.30. The van der Waals surface area contributed by atoms with Crippen molar-refractivity contribution in [1.29, 1.82) is 0 Å². The maximum absolute atomic E-state index is 13.9. The molecule has 0 bridgehead atoms. The molecule has 276 valence electrons. The van der Waals surface area contributed by atoms with E-state index in [9.17, 15) is 28.8 Å². The molecule has 0 spiro atoms. The van der Waals surface area contributed by atoms with Crippen molar-refractivity contribution in [3.05, 3.63) is 35.9 Å². The Kier molecular flexibility index (Phi) is 20.8. The van der Waals surface area contributed by atoms with Crippen LogP contribution in [0.4, 0.5) is 0 Å². The number of nitrogens with one attached hydrogen (secondary N) is 6. The number of aryl methyl sites for hydroxylation is 1. The highest BCUT2D eigenvalue weighted by Crippen LogP contribution is 2.11. The third kappa shape index (κ3) is 18.0. The zero-order valence-corrected chi connectivity index (χ0v) is 30.9. The predicted octanol–water partition coefficient (Wildman–Crippen LogP) is 2.79. The molecule has 5 atom stereocenters. The topological polar surface area (TPSA) is 175 Å². The van der Waals surface area contributed by atoms with Crippen LogP contribution in [0.1, 0.15) is 99.5 Å². The molecular formula is C37H62N6O6. The lowest BCUT2D eigenvalue weighted by molar-refractivity contribution is -0.132. The number of hydrogen-bond acceptors (Lipinski definition) is 7. The summed E-state index contributed by atoms with van der Waals surface area (Å²) in [7, 11) is 0. The number of carbonyl (C=O) groups is 6. The second-order valence-electron chi connectivity index (χ2n) is 14.0. The molecule has 49 heavy (non-hydrogen) atoms. The average molecular weight is 687 g/mol. The molecule has 0 aromatic heterocycles. The minimum Gasteiger partial charge on any atom is -0.355 e. The summed E-state index contributed by atoms with van der Waals surface area (Å²) in [4.78, 5) is 76.2. The van der Waals surface area contributed by atoms with Gasteiger partial charge in [0, 0.05) is 32.0 Å². The van der Waals surface area contributed by atoms with Crippen LogP contribution < -0.4 is 31.9 Å². The summed E-state index contributed by atoms with van der Waals surface area (Å²) < 4.78 is 0. The van der Waals surface area contributed by atoms with Crippen LogP contribution >= 0.6 is 0 Å². The Morgan fingerprint density at radius 1 is 0.735 bits per heavy atom. The summed E-state index contributed by atoms with van der Waals surface area (Å²) in [5.74, 6) is -1.46. The van der Waals surface area contributed by atoms with Crippen LogP contribution in [-0.4, -0.2) is 79.1 Å². The smallest absolute Gasteiger partial charge is 0.243 e. The van der Waals surface area contributed by atoms with Crippen molar-refractivity contribution in [2.45, 2.75) is 131 Å². The second kappa shape index (κ2) is 23.5. The number of benzene rings is 1. The molecule has 0 saturated carbocycles. The lowest BCUT2D eigenvalue weighted by Crippen LogP contribution is -2.57. The predicted molar refractivity (Wildman–Crippen MR) is 192 cm³/mol. The Bertz CT molecular complexity index is 1180. The molecule has 0 radical (unpaired) electrons. The number of amides is 5. The number of carbonyl (C=O) groups excluding carboxylic acids is 6. The van der Waals surface area contributed by atoms with Gasteiger partial charge >= 0.3 is 0 Å². The molecule has 0 aliphatic carbocycles. The molecule has 0 unspecified atom stereocenters. The van der Waals surface area contributed by atoms with Crippen LogP contribution in [0, 0.1) is 17.8 Å². The zero-order valence-electron chi connectivity index (χ0n) is 30.9. The molecule has 0 heterocycles. The minimum absolute atomic E-state index is 0.0974. The van der Waals surface area contributed by atoms with Crippen molar-refractivity contribution >= 4 is 35.8 Å². The molecule has 1 rings (SSSR count). The van der Waals surface area contributed by atoms with Gasteiger partial charge in [0.25, 0.3) is 0 Å². The maximum Gasteiger partial charge on any atom is 0.243 e. The summed E-state index contributed by atoms with van der Waals surface area (Å²) in [6.45, 7) is 16.0. The van der Waals surface area contributed by atoms with Crippen LogP contribution in [0.25, 0.3) is 0 Å². The van der Waals surface area contributed by atoms with Gasteiger partial charge in [-0.25, -0.2) is 0 Å². The first kappa shape index (κ1) is 43.2. The molecule has 5 amide bonds. The van der Waals surface area contributed by atoms with E-state index >= 15 is 0 Å². The van der Waals surface area contributed by atoms with Gasteiger partial charge in [0.1, 0.15) is 24.4 Å². The van der Waals surface area contributed by atoms with E-state index in [4.69, 9.17) is 0 Å². The summed E-state index contributed by atoms with van der Waals surface area (Å²) in [5.41, 5.74) is 1.02. The fraction of sp³-hybridized carbons (Fsp3) is 0.676. The van der Waals surface area contributed by atoms with Crippen molar-refractivity contribution in [2.75, 3.05) is 13.1 Å². The highest BCUT2D eigenvalue weighted by atomic mass is 16.2.